The Kier molecular flexibility index (Phi) is 7.35. The third-order valence-electron chi connectivity index (χ3n) is 5.42. The molecule has 3 rings (SSSR count). The highest BCUT2D eigenvalue weighted by Crippen LogP contribution is 2.25. The van der Waals surface area contributed by atoms with Gasteiger partial charge in [-0.3, -0.25) is 4.90 Å². The summed E-state index contributed by atoms with van der Waals surface area (Å²) in [5, 5.41) is 13.6. The fraction of sp³-hybridized carbons (Fsp3) is 0.632. The van der Waals surface area contributed by atoms with Gasteiger partial charge in [0.25, 0.3) is 0 Å². The van der Waals surface area contributed by atoms with Gasteiger partial charge >= 0.3 is 6.18 Å². The molecule has 0 amide bonds. The molecule has 7 nitrogen and oxygen atoms in total. The van der Waals surface area contributed by atoms with E-state index in [1.807, 2.05) is 34.9 Å². The Labute approximate surface area is 178 Å². The predicted octanol–water partition coefficient (Wildman–Crippen LogP) is 2.44. The lowest BCUT2D eigenvalue weighted by Crippen LogP contribution is -2.56. The van der Waals surface area contributed by atoms with Crippen molar-refractivity contribution in [2.75, 3.05) is 32.7 Å². The summed E-state index contributed by atoms with van der Waals surface area (Å²) in [6.45, 7) is 5.83. The van der Waals surface area contributed by atoms with Crippen molar-refractivity contribution < 1.29 is 13.2 Å². The second-order valence-corrected chi connectivity index (χ2v) is 8.39. The minimum atomic E-state index is -4.21. The Morgan fingerprint density at radius 1 is 1.27 bits per heavy atom. The summed E-state index contributed by atoms with van der Waals surface area (Å²) in [5.74, 6) is 2.25. The van der Waals surface area contributed by atoms with Crippen LogP contribution in [0.1, 0.15) is 23.4 Å². The van der Waals surface area contributed by atoms with Crippen molar-refractivity contribution in [2.45, 2.75) is 39.0 Å². The van der Waals surface area contributed by atoms with E-state index in [0.717, 1.165) is 18.1 Å². The Bertz CT molecular complexity index is 824. The van der Waals surface area contributed by atoms with E-state index in [1.165, 1.54) is 16.7 Å². The van der Waals surface area contributed by atoms with Crippen LogP contribution in [0.25, 0.3) is 0 Å². The molecule has 0 radical (unpaired) electrons. The van der Waals surface area contributed by atoms with Crippen LogP contribution in [0.15, 0.2) is 22.5 Å². The van der Waals surface area contributed by atoms with Crippen LogP contribution in [0.3, 0.4) is 0 Å². The average Bonchev–Trinajstić information content (AvgIpc) is 3.34. The molecule has 2 aromatic heterocycles. The average molecular weight is 444 g/mol. The van der Waals surface area contributed by atoms with Crippen LogP contribution in [-0.4, -0.2) is 75.5 Å². The van der Waals surface area contributed by atoms with Gasteiger partial charge in [0.05, 0.1) is 0 Å². The lowest BCUT2D eigenvalue weighted by molar-refractivity contribution is -0.181. The van der Waals surface area contributed by atoms with Crippen LogP contribution in [0.4, 0.5) is 13.2 Å². The number of nitrogens with zero attached hydrogens (tertiary/aromatic N) is 6. The minimum Gasteiger partial charge on any atom is -0.356 e. The van der Waals surface area contributed by atoms with Crippen molar-refractivity contribution in [3.8, 4) is 0 Å². The molecule has 1 saturated heterocycles. The number of hydrogen-bond acceptors (Lipinski definition) is 5. The van der Waals surface area contributed by atoms with Crippen LogP contribution in [0, 0.1) is 6.92 Å². The Hall–Kier alpha value is -2.14. The number of halogens is 3. The Morgan fingerprint density at radius 3 is 2.57 bits per heavy atom. The summed E-state index contributed by atoms with van der Waals surface area (Å²) >= 11 is 1.70. The van der Waals surface area contributed by atoms with Gasteiger partial charge in [-0.05, 0) is 31.7 Å². The summed E-state index contributed by atoms with van der Waals surface area (Å²) in [7, 11) is 1.89. The number of piperazine rings is 1. The topological polar surface area (TPSA) is 61.6 Å². The van der Waals surface area contributed by atoms with Crippen LogP contribution >= 0.6 is 11.3 Å². The molecule has 30 heavy (non-hydrogen) atoms. The quantitative estimate of drug-likeness (QED) is 0.549. The van der Waals surface area contributed by atoms with Gasteiger partial charge < -0.3 is 14.8 Å². The lowest BCUT2D eigenvalue weighted by Gasteiger charge is -2.39. The van der Waals surface area contributed by atoms with Crippen LogP contribution < -0.4 is 5.32 Å². The number of hydrogen-bond donors (Lipinski definition) is 1. The van der Waals surface area contributed by atoms with E-state index in [0.29, 0.717) is 45.2 Å². The molecule has 166 valence electrons. The molecule has 0 spiro atoms. The lowest BCUT2D eigenvalue weighted by atomic mass is 10.2. The normalized spacial score (nSPS) is 17.4. The number of thiophene rings is 1. The molecule has 11 heteroatoms. The molecule has 0 aromatic carbocycles. The van der Waals surface area contributed by atoms with Crippen LogP contribution in [0.2, 0.25) is 0 Å². The highest BCUT2D eigenvalue weighted by Gasteiger charge is 2.41. The standard InChI is InChI=1S/C19H28F3N7S/c1-14(19(20,21)22)28-8-10-29(11-9-28)18(23-7-6-16-5-4-12-30-16)24-13-17-26-25-15(2)27(17)3/h4-5,12,14H,6-11,13H2,1-3H3,(H,23,24). The SMILES string of the molecule is Cc1nnc(CN=C(NCCc2cccs2)N2CCN(C(C)C(F)(F)F)CC2)n1C. The third-order valence-corrected chi connectivity index (χ3v) is 6.36. The monoisotopic (exact) mass is 443 g/mol. The number of nitrogens with one attached hydrogen (secondary N) is 1. The number of guanidine groups is 1. The molecule has 3 heterocycles. The van der Waals surface area contributed by atoms with Gasteiger partial charge in [-0.1, -0.05) is 6.07 Å². The second kappa shape index (κ2) is 9.78. The second-order valence-electron chi connectivity index (χ2n) is 7.36. The first kappa shape index (κ1) is 22.5. The van der Waals surface area contributed by atoms with Crippen molar-refractivity contribution in [3.63, 3.8) is 0 Å². The first-order valence-electron chi connectivity index (χ1n) is 9.97. The van der Waals surface area contributed by atoms with E-state index in [1.54, 1.807) is 11.3 Å². The Morgan fingerprint density at radius 2 is 2.00 bits per heavy atom. The third kappa shape index (κ3) is 5.72. The molecule has 1 atom stereocenters. The molecule has 1 fully saturated rings. The van der Waals surface area contributed by atoms with E-state index >= 15 is 0 Å². The zero-order valence-corrected chi connectivity index (χ0v) is 18.3. The molecule has 0 aliphatic carbocycles. The van der Waals surface area contributed by atoms with Gasteiger partial charge in [-0.25, -0.2) is 4.99 Å². The fourth-order valence-electron chi connectivity index (χ4n) is 3.28. The number of alkyl halides is 3. The van der Waals surface area contributed by atoms with E-state index < -0.39 is 12.2 Å². The maximum atomic E-state index is 13.0. The molecular formula is C19H28F3N7S. The highest BCUT2D eigenvalue weighted by molar-refractivity contribution is 7.09. The first-order chi connectivity index (χ1) is 14.3. The largest absolute Gasteiger partial charge is 0.403 e. The van der Waals surface area contributed by atoms with Gasteiger partial charge in [0.1, 0.15) is 18.4 Å². The zero-order chi connectivity index (χ0) is 21.7. The van der Waals surface area contributed by atoms with Gasteiger partial charge in [-0.15, -0.1) is 21.5 Å². The summed E-state index contributed by atoms with van der Waals surface area (Å²) in [6, 6.07) is 2.67. The summed E-state index contributed by atoms with van der Waals surface area (Å²) in [6.07, 6.45) is -3.34. The fourth-order valence-corrected chi connectivity index (χ4v) is 3.99. The molecular weight excluding hydrogens is 415 g/mol. The van der Waals surface area contributed by atoms with Crippen molar-refractivity contribution >= 4 is 17.3 Å². The maximum Gasteiger partial charge on any atom is 0.403 e. The van der Waals surface area contributed by atoms with Crippen LogP contribution in [-0.2, 0) is 20.0 Å². The molecule has 1 unspecified atom stereocenters. The number of aliphatic imine (C=N–C) groups is 1. The molecule has 0 saturated carbocycles. The maximum absolute atomic E-state index is 13.0. The van der Waals surface area contributed by atoms with E-state index in [9.17, 15) is 13.2 Å². The highest BCUT2D eigenvalue weighted by atomic mass is 32.1. The number of aromatic nitrogens is 3. The van der Waals surface area contributed by atoms with Crippen molar-refractivity contribution in [1.29, 1.82) is 0 Å². The number of aryl methyl sites for hydroxylation is 1. The molecule has 1 aliphatic heterocycles. The summed E-state index contributed by atoms with van der Waals surface area (Å²) in [4.78, 5) is 9.48. The summed E-state index contributed by atoms with van der Waals surface area (Å²) in [5.41, 5.74) is 0. The first-order valence-corrected chi connectivity index (χ1v) is 10.8. The molecule has 1 aliphatic rings. The van der Waals surface area contributed by atoms with Gasteiger partial charge in [0.2, 0.25) is 0 Å². The van der Waals surface area contributed by atoms with Crippen molar-refractivity contribution in [2.24, 2.45) is 12.0 Å². The predicted molar refractivity (Wildman–Crippen MR) is 112 cm³/mol. The molecule has 1 N–H and O–H groups in total. The van der Waals surface area contributed by atoms with Crippen LogP contribution in [0.5, 0.6) is 0 Å². The smallest absolute Gasteiger partial charge is 0.356 e. The minimum absolute atomic E-state index is 0.343. The molecule has 0 bridgehead atoms. The van der Waals surface area contributed by atoms with Gasteiger partial charge in [0, 0.05) is 44.6 Å². The number of rotatable bonds is 6. The van der Waals surface area contributed by atoms with Crippen molar-refractivity contribution in [3.05, 3.63) is 34.0 Å². The zero-order valence-electron chi connectivity index (χ0n) is 17.5. The van der Waals surface area contributed by atoms with E-state index in [4.69, 9.17) is 4.99 Å². The Balaban J connectivity index is 1.64. The van der Waals surface area contributed by atoms with Gasteiger partial charge in [0.15, 0.2) is 11.8 Å². The molecule has 2 aromatic rings. The van der Waals surface area contributed by atoms with Crippen molar-refractivity contribution in [1.82, 2.24) is 29.9 Å². The van der Waals surface area contributed by atoms with E-state index in [2.05, 4.69) is 21.6 Å². The van der Waals surface area contributed by atoms with Gasteiger partial charge in [-0.2, -0.15) is 13.2 Å². The van der Waals surface area contributed by atoms with E-state index in [-0.39, 0.29) is 0 Å². The summed E-state index contributed by atoms with van der Waals surface area (Å²) < 4.78 is 41.0.